The van der Waals surface area contributed by atoms with E-state index in [4.69, 9.17) is 9.72 Å². The zero-order valence-electron chi connectivity index (χ0n) is 20.9. The largest absolute Gasteiger partial charge is 0.494 e. The summed E-state index contributed by atoms with van der Waals surface area (Å²) in [5.74, 6) is 2.32. The quantitative estimate of drug-likeness (QED) is 0.356. The van der Waals surface area contributed by atoms with Crippen molar-refractivity contribution in [1.29, 1.82) is 0 Å². The number of rotatable bonds is 5. The number of aromatic nitrogens is 4. The second-order valence-corrected chi connectivity index (χ2v) is 12.6. The molecule has 2 aliphatic rings. The molecule has 35 heavy (non-hydrogen) atoms. The molecule has 6 rings (SSSR count). The minimum absolute atomic E-state index is 0.0750. The second kappa shape index (κ2) is 8.63. The summed E-state index contributed by atoms with van der Waals surface area (Å²) in [5, 5.41) is 1.12. The Morgan fingerprint density at radius 3 is 2.83 bits per heavy atom. The van der Waals surface area contributed by atoms with Gasteiger partial charge in [-0.2, -0.15) is 0 Å². The summed E-state index contributed by atoms with van der Waals surface area (Å²) < 4.78 is 10.2. The Morgan fingerprint density at radius 2 is 2.06 bits per heavy atom. The highest BCUT2D eigenvalue weighted by Crippen LogP contribution is 2.40. The highest BCUT2D eigenvalue weighted by molar-refractivity contribution is 7.56. The van der Waals surface area contributed by atoms with Gasteiger partial charge in [-0.1, -0.05) is 7.92 Å². The van der Waals surface area contributed by atoms with Crippen LogP contribution in [-0.2, 0) is 13.6 Å². The Balaban J connectivity index is 1.47. The molecule has 182 valence electrons. The summed E-state index contributed by atoms with van der Waals surface area (Å²) in [6.45, 7) is 5.39. The van der Waals surface area contributed by atoms with E-state index in [-0.39, 0.29) is 19.9 Å². The molecule has 0 N–H and O–H groups in total. The number of hydrogen-bond donors (Lipinski definition) is 0. The monoisotopic (exact) mass is 489 g/mol. The lowest BCUT2D eigenvalue weighted by Gasteiger charge is -2.37. The second-order valence-electron chi connectivity index (χ2n) is 10.2. The molecule has 8 heteroatoms. The Labute approximate surface area is 206 Å². The van der Waals surface area contributed by atoms with Crippen LogP contribution < -0.4 is 4.74 Å². The molecular weight excluding hydrogens is 457 g/mol. The third-order valence-electron chi connectivity index (χ3n) is 7.54. The number of benzene rings is 1. The van der Waals surface area contributed by atoms with Crippen molar-refractivity contribution in [2.24, 2.45) is 13.0 Å². The number of carbonyl (C=O) groups is 1. The van der Waals surface area contributed by atoms with Crippen molar-refractivity contribution in [3.8, 4) is 17.3 Å². The molecule has 4 aromatic rings. The van der Waals surface area contributed by atoms with Crippen molar-refractivity contribution in [3.63, 3.8) is 0 Å². The fourth-order valence-corrected chi connectivity index (χ4v) is 7.18. The van der Waals surface area contributed by atoms with Gasteiger partial charge >= 0.3 is 0 Å². The van der Waals surface area contributed by atoms with Crippen LogP contribution in [0, 0.1) is 5.92 Å². The number of methoxy groups -OCH3 is 1. The highest BCUT2D eigenvalue weighted by Gasteiger charge is 2.30. The van der Waals surface area contributed by atoms with Gasteiger partial charge in [-0.05, 0) is 75.3 Å². The molecule has 0 bridgehead atoms. The molecule has 2 fully saturated rings. The number of fused-ring (bicyclic) bond motifs is 2. The van der Waals surface area contributed by atoms with Crippen molar-refractivity contribution in [2.45, 2.75) is 38.8 Å². The van der Waals surface area contributed by atoms with Gasteiger partial charge in [0.05, 0.1) is 18.3 Å². The van der Waals surface area contributed by atoms with Crippen molar-refractivity contribution < 1.29 is 9.53 Å². The van der Waals surface area contributed by atoms with E-state index in [9.17, 15) is 4.79 Å². The first kappa shape index (κ1) is 22.5. The fraction of sp³-hybridized carbons (Fsp3) is 0.444. The van der Waals surface area contributed by atoms with Crippen LogP contribution in [0.3, 0.4) is 0 Å². The zero-order chi connectivity index (χ0) is 24.3. The summed E-state index contributed by atoms with van der Waals surface area (Å²) in [7, 11) is 3.56. The van der Waals surface area contributed by atoms with Crippen LogP contribution in [0.5, 0.6) is 5.75 Å². The standard InChI is InChI=1S/C27H32N5O2P/c1-17-9-11-35(4)16-32(17)27(33)20-12-21-24(23(14-20)34-3)30(2)26(29-21)22-13-19-6-5-10-28-25(19)31(22)15-18-7-8-18/h5-6,10,12-14,17-18H,7-9,11,15-16H2,1-4H3/t17-,35-/m1/s1. The average Bonchev–Trinajstić information content (AvgIpc) is 3.53. The molecule has 1 aliphatic carbocycles. The van der Waals surface area contributed by atoms with E-state index in [1.165, 1.54) is 19.0 Å². The van der Waals surface area contributed by atoms with Gasteiger partial charge in [0.15, 0.2) is 5.82 Å². The Bertz CT molecular complexity index is 1440. The normalized spacial score (nSPS) is 20.6. The van der Waals surface area contributed by atoms with E-state index in [1.54, 1.807) is 7.11 Å². The number of ether oxygens (including phenoxy) is 1. The van der Waals surface area contributed by atoms with Gasteiger partial charge in [-0.3, -0.25) is 4.79 Å². The van der Waals surface area contributed by atoms with E-state index in [1.807, 2.05) is 36.3 Å². The van der Waals surface area contributed by atoms with Crippen molar-refractivity contribution in [3.05, 3.63) is 42.1 Å². The maximum absolute atomic E-state index is 13.6. The number of amides is 1. The molecule has 0 spiro atoms. The molecule has 1 aliphatic heterocycles. The fourth-order valence-electron chi connectivity index (χ4n) is 5.30. The van der Waals surface area contributed by atoms with E-state index in [2.05, 4.69) is 39.8 Å². The molecule has 0 radical (unpaired) electrons. The third-order valence-corrected chi connectivity index (χ3v) is 9.35. The van der Waals surface area contributed by atoms with Gasteiger partial charge in [0.2, 0.25) is 0 Å². The number of carbonyl (C=O) groups excluding carboxylic acids is 1. The van der Waals surface area contributed by atoms with E-state index >= 15 is 0 Å². The summed E-state index contributed by atoms with van der Waals surface area (Å²) in [4.78, 5) is 25.3. The number of aryl methyl sites for hydroxylation is 1. The SMILES string of the molecule is COc1cc(C(=O)N2C[P@](C)CC[C@H]2C)cc2nc(-c3cc4cccnc4n3CC3CC3)n(C)c12. The third kappa shape index (κ3) is 3.90. The van der Waals surface area contributed by atoms with E-state index in [0.29, 0.717) is 17.2 Å². The van der Waals surface area contributed by atoms with Crippen molar-refractivity contribution >= 4 is 35.9 Å². The smallest absolute Gasteiger partial charge is 0.254 e. The van der Waals surface area contributed by atoms with E-state index < -0.39 is 0 Å². The highest BCUT2D eigenvalue weighted by atomic mass is 31.1. The predicted octanol–water partition coefficient (Wildman–Crippen LogP) is 5.31. The molecular formula is C27H32N5O2P. The molecule has 2 atom stereocenters. The number of pyridine rings is 1. The lowest BCUT2D eigenvalue weighted by atomic mass is 10.1. The first-order valence-electron chi connectivity index (χ1n) is 12.4. The van der Waals surface area contributed by atoms with Crippen LogP contribution in [0.2, 0.25) is 0 Å². The van der Waals surface area contributed by atoms with Crippen LogP contribution in [0.25, 0.3) is 33.6 Å². The maximum Gasteiger partial charge on any atom is 0.254 e. The van der Waals surface area contributed by atoms with Crippen LogP contribution in [0.1, 0.15) is 36.5 Å². The predicted molar refractivity (Wildman–Crippen MR) is 142 cm³/mol. The summed E-state index contributed by atoms with van der Waals surface area (Å²) in [6.07, 6.45) is 7.55. The van der Waals surface area contributed by atoms with Gasteiger partial charge in [-0.25, -0.2) is 9.97 Å². The van der Waals surface area contributed by atoms with Gasteiger partial charge in [0, 0.05) is 43.1 Å². The minimum atomic E-state index is -0.129. The molecule has 1 aromatic carbocycles. The molecule has 1 saturated heterocycles. The van der Waals surface area contributed by atoms with Crippen LogP contribution in [-0.4, -0.2) is 62.2 Å². The Hall–Kier alpha value is -2.92. The molecule has 7 nitrogen and oxygen atoms in total. The van der Waals surface area contributed by atoms with Crippen molar-refractivity contribution in [2.75, 3.05) is 26.2 Å². The topological polar surface area (TPSA) is 65.2 Å². The van der Waals surface area contributed by atoms with Crippen LogP contribution >= 0.6 is 7.92 Å². The summed E-state index contributed by atoms with van der Waals surface area (Å²) in [5.41, 5.74) is 4.39. The zero-order valence-corrected chi connectivity index (χ0v) is 21.8. The van der Waals surface area contributed by atoms with E-state index in [0.717, 1.165) is 52.8 Å². The number of nitrogens with zero attached hydrogens (tertiary/aromatic N) is 5. The number of hydrogen-bond acceptors (Lipinski definition) is 4. The van der Waals surface area contributed by atoms with Crippen LogP contribution in [0.15, 0.2) is 36.5 Å². The molecule has 4 heterocycles. The van der Waals surface area contributed by atoms with Gasteiger partial charge in [-0.15, -0.1) is 0 Å². The Morgan fingerprint density at radius 1 is 1.23 bits per heavy atom. The number of imidazole rings is 1. The molecule has 1 amide bonds. The molecule has 1 saturated carbocycles. The summed E-state index contributed by atoms with van der Waals surface area (Å²) >= 11 is 0. The summed E-state index contributed by atoms with van der Waals surface area (Å²) in [6, 6.07) is 10.4. The first-order valence-corrected chi connectivity index (χ1v) is 14.6. The van der Waals surface area contributed by atoms with Crippen molar-refractivity contribution in [1.82, 2.24) is 24.0 Å². The molecule has 3 aromatic heterocycles. The molecule has 0 unspecified atom stereocenters. The van der Waals surface area contributed by atoms with Gasteiger partial charge in [0.1, 0.15) is 16.9 Å². The first-order chi connectivity index (χ1) is 16.9. The lowest BCUT2D eigenvalue weighted by Crippen LogP contribution is -2.42. The maximum atomic E-state index is 13.6. The average molecular weight is 490 g/mol. The van der Waals surface area contributed by atoms with Crippen LogP contribution in [0.4, 0.5) is 0 Å². The Kier molecular flexibility index (Phi) is 5.56. The van der Waals surface area contributed by atoms with Gasteiger partial charge < -0.3 is 18.8 Å². The minimum Gasteiger partial charge on any atom is -0.494 e. The lowest BCUT2D eigenvalue weighted by molar-refractivity contribution is 0.0718. The van der Waals surface area contributed by atoms with Gasteiger partial charge in [0.25, 0.3) is 5.91 Å².